The van der Waals surface area contributed by atoms with Gasteiger partial charge in [0.05, 0.1) is 0 Å². The zero-order valence-corrected chi connectivity index (χ0v) is 12.5. The minimum Gasteiger partial charge on any atom is -0.103 e. The van der Waals surface area contributed by atoms with Gasteiger partial charge in [-0.05, 0) is 49.4 Å². The van der Waals surface area contributed by atoms with Gasteiger partial charge in [0, 0.05) is 0 Å². The topological polar surface area (TPSA) is 0 Å². The Morgan fingerprint density at radius 1 is 0.778 bits per heavy atom. The van der Waals surface area contributed by atoms with E-state index in [4.69, 9.17) is 0 Å². The van der Waals surface area contributed by atoms with Gasteiger partial charge in [0.15, 0.2) is 0 Å². The molecule has 0 aromatic carbocycles. The summed E-state index contributed by atoms with van der Waals surface area (Å²) in [5.41, 5.74) is 0. The lowest BCUT2D eigenvalue weighted by Crippen LogP contribution is -2.01. The van der Waals surface area contributed by atoms with Gasteiger partial charge in [-0.1, -0.05) is 51.7 Å². The highest BCUT2D eigenvalue weighted by Gasteiger charge is 2.21. The average molecular weight is 248 g/mol. The van der Waals surface area contributed by atoms with E-state index in [0.717, 1.165) is 23.7 Å². The Hall–Kier alpha value is -0.520. The van der Waals surface area contributed by atoms with Crippen LogP contribution in [0.3, 0.4) is 0 Å². The molecule has 2 aliphatic rings. The lowest BCUT2D eigenvalue weighted by Gasteiger charge is -2.10. The van der Waals surface area contributed by atoms with Gasteiger partial charge in [-0.25, -0.2) is 0 Å². The van der Waals surface area contributed by atoms with Gasteiger partial charge in [-0.3, -0.25) is 0 Å². The lowest BCUT2D eigenvalue weighted by atomic mass is 9.95. The molecule has 0 radical (unpaired) electrons. The summed E-state index contributed by atoms with van der Waals surface area (Å²) >= 11 is 0. The van der Waals surface area contributed by atoms with Crippen LogP contribution in [0.25, 0.3) is 0 Å². The van der Waals surface area contributed by atoms with Crippen LogP contribution in [-0.2, 0) is 0 Å². The molecule has 2 aliphatic carbocycles. The van der Waals surface area contributed by atoms with Gasteiger partial charge in [0.25, 0.3) is 0 Å². The van der Waals surface area contributed by atoms with Crippen LogP contribution in [0.15, 0.2) is 25.3 Å². The third-order valence-electron chi connectivity index (χ3n) is 5.02. The first-order valence-corrected chi connectivity index (χ1v) is 7.90. The molecule has 2 fully saturated rings. The molecule has 0 bridgehead atoms. The van der Waals surface area contributed by atoms with Crippen molar-refractivity contribution in [3.63, 3.8) is 0 Å². The number of hydrogen-bond acceptors (Lipinski definition) is 0. The van der Waals surface area contributed by atoms with Crippen LogP contribution in [0.1, 0.15) is 65.2 Å². The van der Waals surface area contributed by atoms with Crippen molar-refractivity contribution < 1.29 is 0 Å². The van der Waals surface area contributed by atoms with Crippen molar-refractivity contribution in [2.24, 2.45) is 23.7 Å². The largest absolute Gasteiger partial charge is 0.103 e. The van der Waals surface area contributed by atoms with E-state index in [1.807, 2.05) is 0 Å². The average Bonchev–Trinajstić information content (AvgIpc) is 2.92. The monoisotopic (exact) mass is 248 g/mol. The maximum absolute atomic E-state index is 3.76. The molecule has 0 aromatic heterocycles. The summed E-state index contributed by atoms with van der Waals surface area (Å²) < 4.78 is 0. The number of allylic oxidation sites excluding steroid dienone is 2. The molecular formula is C18H32. The third kappa shape index (κ3) is 5.00. The maximum atomic E-state index is 3.76. The quantitative estimate of drug-likeness (QED) is 0.535. The van der Waals surface area contributed by atoms with Gasteiger partial charge in [0.1, 0.15) is 0 Å². The van der Waals surface area contributed by atoms with E-state index in [1.54, 1.807) is 0 Å². The second-order valence-electron chi connectivity index (χ2n) is 6.39. The molecule has 0 nitrogen and oxygen atoms in total. The predicted octanol–water partition coefficient (Wildman–Crippen LogP) is 6.00. The van der Waals surface area contributed by atoms with Crippen molar-refractivity contribution in [3.8, 4) is 0 Å². The van der Waals surface area contributed by atoms with Crippen molar-refractivity contribution in [2.45, 2.75) is 65.2 Å². The van der Waals surface area contributed by atoms with Crippen molar-refractivity contribution in [1.82, 2.24) is 0 Å². The maximum Gasteiger partial charge on any atom is -0.0322 e. The highest BCUT2D eigenvalue weighted by atomic mass is 14.3. The normalized spacial score (nSPS) is 34.8. The van der Waals surface area contributed by atoms with Crippen LogP contribution in [0.5, 0.6) is 0 Å². The van der Waals surface area contributed by atoms with Gasteiger partial charge >= 0.3 is 0 Å². The molecular weight excluding hydrogens is 216 g/mol. The molecule has 0 heteroatoms. The molecule has 104 valence electrons. The minimum atomic E-state index is 0.961. The molecule has 18 heavy (non-hydrogen) atoms. The Morgan fingerprint density at radius 3 is 1.39 bits per heavy atom. The summed E-state index contributed by atoms with van der Waals surface area (Å²) in [7, 11) is 0. The van der Waals surface area contributed by atoms with E-state index in [-0.39, 0.29) is 0 Å². The Balaban J connectivity index is 0.000000180. The van der Waals surface area contributed by atoms with Crippen molar-refractivity contribution >= 4 is 0 Å². The van der Waals surface area contributed by atoms with Gasteiger partial charge < -0.3 is 0 Å². The highest BCUT2D eigenvalue weighted by Crippen LogP contribution is 2.34. The molecule has 0 heterocycles. The SMILES string of the molecule is C=CC[C@@H]1CCC[C@H]1C.C=CC[C@H]1CCC[C@@H]1C. The van der Waals surface area contributed by atoms with Crippen LogP contribution in [0.4, 0.5) is 0 Å². The first-order valence-electron chi connectivity index (χ1n) is 7.90. The standard InChI is InChI=1S/2C9H16/c2*1-3-5-9-7-4-6-8(9)2/h2*3,8-9H,1,4-7H2,2H3/t2*8-,9-/m10/s1. The Morgan fingerprint density at radius 2 is 1.17 bits per heavy atom. The molecule has 2 rings (SSSR count). The molecule has 0 N–H and O–H groups in total. The van der Waals surface area contributed by atoms with E-state index in [1.165, 1.54) is 51.4 Å². The van der Waals surface area contributed by atoms with Crippen LogP contribution in [0.2, 0.25) is 0 Å². The molecule has 0 saturated heterocycles. The van der Waals surface area contributed by atoms with Crippen LogP contribution >= 0.6 is 0 Å². The van der Waals surface area contributed by atoms with E-state index in [2.05, 4.69) is 39.2 Å². The second-order valence-corrected chi connectivity index (χ2v) is 6.39. The highest BCUT2D eigenvalue weighted by molar-refractivity contribution is 4.81. The molecule has 0 unspecified atom stereocenters. The molecule has 0 spiro atoms. The van der Waals surface area contributed by atoms with Crippen molar-refractivity contribution in [1.29, 1.82) is 0 Å². The Bertz CT molecular complexity index is 214. The Kier molecular flexibility index (Phi) is 7.39. The first-order chi connectivity index (χ1) is 8.69. The van der Waals surface area contributed by atoms with E-state index < -0.39 is 0 Å². The molecule has 4 atom stereocenters. The molecule has 0 aromatic rings. The summed E-state index contributed by atoms with van der Waals surface area (Å²) in [6.07, 6.45) is 15.2. The van der Waals surface area contributed by atoms with Gasteiger partial charge in [0.2, 0.25) is 0 Å². The fourth-order valence-corrected chi connectivity index (χ4v) is 3.57. The third-order valence-corrected chi connectivity index (χ3v) is 5.02. The first kappa shape index (κ1) is 15.5. The molecule has 0 aliphatic heterocycles. The minimum absolute atomic E-state index is 0.961. The fraction of sp³-hybridized carbons (Fsp3) is 0.778. The van der Waals surface area contributed by atoms with Crippen molar-refractivity contribution in [2.75, 3.05) is 0 Å². The predicted molar refractivity (Wildman–Crippen MR) is 82.6 cm³/mol. The molecule has 0 amide bonds. The summed E-state index contributed by atoms with van der Waals surface area (Å²) in [6.45, 7) is 12.2. The summed E-state index contributed by atoms with van der Waals surface area (Å²) in [6, 6.07) is 0. The zero-order chi connectivity index (χ0) is 13.4. The van der Waals surface area contributed by atoms with E-state index in [9.17, 15) is 0 Å². The summed E-state index contributed by atoms with van der Waals surface area (Å²) in [5, 5.41) is 0. The van der Waals surface area contributed by atoms with Crippen molar-refractivity contribution in [3.05, 3.63) is 25.3 Å². The van der Waals surface area contributed by atoms with Crippen LogP contribution < -0.4 is 0 Å². The summed E-state index contributed by atoms with van der Waals surface area (Å²) in [5.74, 6) is 3.84. The molecule has 2 saturated carbocycles. The Labute approximate surface area is 115 Å². The van der Waals surface area contributed by atoms with E-state index >= 15 is 0 Å². The lowest BCUT2D eigenvalue weighted by molar-refractivity contribution is 0.424. The van der Waals surface area contributed by atoms with Gasteiger partial charge in [-0.15, -0.1) is 13.2 Å². The second kappa shape index (κ2) is 8.56. The number of hydrogen-bond donors (Lipinski definition) is 0. The summed E-state index contributed by atoms with van der Waals surface area (Å²) in [4.78, 5) is 0. The van der Waals surface area contributed by atoms with Gasteiger partial charge in [-0.2, -0.15) is 0 Å². The van der Waals surface area contributed by atoms with E-state index in [0.29, 0.717) is 0 Å². The van der Waals surface area contributed by atoms with Crippen LogP contribution in [0, 0.1) is 23.7 Å². The number of rotatable bonds is 4. The zero-order valence-electron chi connectivity index (χ0n) is 12.5. The van der Waals surface area contributed by atoms with Crippen LogP contribution in [-0.4, -0.2) is 0 Å². The smallest absolute Gasteiger partial charge is 0.0322 e. The fourth-order valence-electron chi connectivity index (χ4n) is 3.57.